The first kappa shape index (κ1) is 85.1. The van der Waals surface area contributed by atoms with Crippen LogP contribution >= 0.6 is 0 Å². The second kappa shape index (κ2) is 76.5. The first-order valence-electron chi connectivity index (χ1n) is 39.7. The third-order valence-corrected chi connectivity index (χ3v) is 18.7. The maximum absolute atomic E-state index is 12.6. The summed E-state index contributed by atoms with van der Waals surface area (Å²) >= 11 is 0. The largest absolute Gasteiger partial charge is 0.466 e. The van der Waals surface area contributed by atoms with E-state index in [1.54, 1.807) is 0 Å². The molecule has 0 saturated heterocycles. The van der Waals surface area contributed by atoms with Gasteiger partial charge in [0.2, 0.25) is 5.91 Å². The van der Waals surface area contributed by atoms with Crippen molar-refractivity contribution in [2.24, 2.45) is 0 Å². The lowest BCUT2D eigenvalue weighted by Gasteiger charge is -2.22. The lowest BCUT2D eigenvalue weighted by atomic mass is 10.0. The number of unbranched alkanes of at least 4 members (excludes halogenated alkanes) is 58. The molecule has 0 saturated carbocycles. The molecule has 0 rings (SSSR count). The monoisotopic (exact) mass is 1220 g/mol. The Bertz CT molecular complexity index is 1410. The number of nitrogens with one attached hydrogen (secondary N) is 1. The minimum atomic E-state index is -0.664. The lowest BCUT2D eigenvalue weighted by molar-refractivity contribution is -0.143. The van der Waals surface area contributed by atoms with Crippen molar-refractivity contribution in [2.75, 3.05) is 13.2 Å². The third kappa shape index (κ3) is 73.0. The van der Waals surface area contributed by atoms with E-state index >= 15 is 0 Å². The molecule has 6 nitrogen and oxygen atoms in total. The van der Waals surface area contributed by atoms with E-state index in [2.05, 4.69) is 55.6 Å². The molecule has 87 heavy (non-hydrogen) atoms. The minimum absolute atomic E-state index is 0.00467. The van der Waals surface area contributed by atoms with Crippen molar-refractivity contribution in [1.29, 1.82) is 0 Å². The number of aliphatic hydroxyl groups is 2. The molecular weight excluding hydrogens is 1070 g/mol. The van der Waals surface area contributed by atoms with Gasteiger partial charge in [-0.3, -0.25) is 9.59 Å². The van der Waals surface area contributed by atoms with E-state index in [0.717, 1.165) is 51.4 Å². The molecule has 0 radical (unpaired) electrons. The molecule has 0 heterocycles. The fourth-order valence-electron chi connectivity index (χ4n) is 12.6. The van der Waals surface area contributed by atoms with Gasteiger partial charge in [-0.25, -0.2) is 0 Å². The van der Waals surface area contributed by atoms with Crippen molar-refractivity contribution < 1.29 is 24.5 Å². The summed E-state index contributed by atoms with van der Waals surface area (Å²) in [6.07, 6.45) is 99.5. The van der Waals surface area contributed by atoms with Crippen LogP contribution in [0.2, 0.25) is 0 Å². The van der Waals surface area contributed by atoms with Crippen molar-refractivity contribution in [1.82, 2.24) is 5.32 Å². The summed E-state index contributed by atoms with van der Waals surface area (Å²) in [5.74, 6) is -0.0219. The van der Waals surface area contributed by atoms with Crippen LogP contribution < -0.4 is 5.32 Å². The van der Waals surface area contributed by atoms with Crippen LogP contribution in [0.25, 0.3) is 0 Å². The molecule has 0 aliphatic rings. The van der Waals surface area contributed by atoms with Crippen LogP contribution in [0.4, 0.5) is 0 Å². The minimum Gasteiger partial charge on any atom is -0.466 e. The fourth-order valence-corrected chi connectivity index (χ4v) is 12.6. The number of ether oxygens (including phenoxy) is 1. The van der Waals surface area contributed by atoms with Crippen LogP contribution in [0.15, 0.2) is 36.5 Å². The van der Waals surface area contributed by atoms with Gasteiger partial charge in [0.25, 0.3) is 0 Å². The molecule has 0 spiro atoms. The molecule has 0 aliphatic carbocycles. The Kier molecular flexibility index (Phi) is 74.8. The van der Waals surface area contributed by atoms with Crippen molar-refractivity contribution in [2.45, 2.75) is 456 Å². The molecule has 1 amide bonds. The van der Waals surface area contributed by atoms with Crippen LogP contribution in [-0.4, -0.2) is 47.4 Å². The molecule has 0 aromatic heterocycles. The molecule has 2 unspecified atom stereocenters. The Morgan fingerprint density at radius 2 is 0.586 bits per heavy atom. The van der Waals surface area contributed by atoms with Crippen molar-refractivity contribution in [3.63, 3.8) is 0 Å². The first-order chi connectivity index (χ1) is 43.0. The van der Waals surface area contributed by atoms with E-state index in [9.17, 15) is 19.8 Å². The van der Waals surface area contributed by atoms with E-state index in [-0.39, 0.29) is 18.5 Å². The van der Waals surface area contributed by atoms with Crippen LogP contribution in [0.5, 0.6) is 0 Å². The maximum atomic E-state index is 12.6. The number of hydrogen-bond acceptors (Lipinski definition) is 5. The van der Waals surface area contributed by atoms with Gasteiger partial charge in [-0.2, -0.15) is 0 Å². The van der Waals surface area contributed by atoms with Gasteiger partial charge in [0.1, 0.15) is 0 Å². The van der Waals surface area contributed by atoms with E-state index in [4.69, 9.17) is 4.74 Å². The van der Waals surface area contributed by atoms with Gasteiger partial charge in [-0.1, -0.05) is 391 Å². The molecule has 2 atom stereocenters. The number of carbonyl (C=O) groups excluding carboxylic acids is 2. The van der Waals surface area contributed by atoms with Gasteiger partial charge in [0, 0.05) is 12.8 Å². The number of rotatable bonds is 75. The number of carbonyl (C=O) groups is 2. The number of amides is 1. The van der Waals surface area contributed by atoms with E-state index in [1.165, 1.54) is 360 Å². The predicted octanol–water partition coefficient (Wildman–Crippen LogP) is 26.2. The molecule has 6 heteroatoms. The highest BCUT2D eigenvalue weighted by atomic mass is 16.5. The second-order valence-corrected chi connectivity index (χ2v) is 27.4. The molecule has 0 aromatic rings. The number of esters is 1. The summed E-state index contributed by atoms with van der Waals surface area (Å²) in [7, 11) is 0. The number of hydrogen-bond donors (Lipinski definition) is 3. The molecule has 0 aromatic carbocycles. The highest BCUT2D eigenvalue weighted by Crippen LogP contribution is 2.20. The van der Waals surface area contributed by atoms with Crippen LogP contribution in [0.3, 0.4) is 0 Å². The topological polar surface area (TPSA) is 95.9 Å². The van der Waals surface area contributed by atoms with Gasteiger partial charge in [-0.15, -0.1) is 0 Å². The fraction of sp³-hybridized carbons (Fsp3) is 0.901. The van der Waals surface area contributed by atoms with Crippen molar-refractivity contribution in [3.8, 4) is 0 Å². The van der Waals surface area contributed by atoms with Gasteiger partial charge < -0.3 is 20.3 Å². The molecular formula is C81H155NO5. The Hall–Kier alpha value is -1.92. The summed E-state index contributed by atoms with van der Waals surface area (Å²) in [6.45, 7) is 4.95. The quantitative estimate of drug-likeness (QED) is 0.0320. The van der Waals surface area contributed by atoms with Crippen molar-refractivity contribution >= 4 is 11.9 Å². The first-order valence-corrected chi connectivity index (χ1v) is 39.7. The SMILES string of the molecule is CCCC/C=C\C/C=C\CCCCCCCC(=O)OCCCCCCCCCCCCCC/C=C\CCCCCCCCCCCCCCCCCCCC(=O)NC(CO)C(O)CCCCCCCCCCCCCCCCCCCCCCCCC. The Morgan fingerprint density at radius 1 is 0.322 bits per heavy atom. The van der Waals surface area contributed by atoms with Gasteiger partial charge >= 0.3 is 5.97 Å². The van der Waals surface area contributed by atoms with E-state index in [0.29, 0.717) is 25.9 Å². The predicted molar refractivity (Wildman–Crippen MR) is 384 cm³/mol. The van der Waals surface area contributed by atoms with Crippen LogP contribution in [-0.2, 0) is 14.3 Å². The second-order valence-electron chi connectivity index (χ2n) is 27.4. The van der Waals surface area contributed by atoms with E-state index < -0.39 is 12.1 Å². The molecule has 514 valence electrons. The molecule has 0 aliphatic heterocycles. The average Bonchev–Trinajstić information content (AvgIpc) is 3.52. The van der Waals surface area contributed by atoms with Gasteiger partial charge in [-0.05, 0) is 77.0 Å². The van der Waals surface area contributed by atoms with Gasteiger partial charge in [0.05, 0.1) is 25.4 Å². The zero-order valence-corrected chi connectivity index (χ0v) is 59.0. The molecule has 0 bridgehead atoms. The number of allylic oxidation sites excluding steroid dienone is 6. The summed E-state index contributed by atoms with van der Waals surface area (Å²) in [5, 5.41) is 23.5. The summed E-state index contributed by atoms with van der Waals surface area (Å²) < 4.78 is 5.49. The highest BCUT2D eigenvalue weighted by molar-refractivity contribution is 5.76. The standard InChI is InChI=1S/C81H155NO5/c1-3-5-7-9-11-13-15-17-19-20-21-22-34-37-40-43-46-49-53-57-61-65-69-73-79(84)78(77-83)82-80(85)74-70-66-62-58-54-50-47-44-41-38-35-32-30-28-26-24-23-25-27-29-31-33-36-39-42-45-48-52-56-60-64-68-72-76-87-81(86)75-71-67-63-59-55-51-18-16-14-12-10-8-6-4-2/h10,12,16,18,27,29,78-79,83-84H,3-9,11,13-15,17,19-26,28,30-77H2,1-2H3,(H,82,85)/b12-10-,18-16-,29-27-. The van der Waals surface area contributed by atoms with Crippen LogP contribution in [0, 0.1) is 0 Å². The highest BCUT2D eigenvalue weighted by Gasteiger charge is 2.20. The summed E-state index contributed by atoms with van der Waals surface area (Å²) in [6, 6.07) is -0.541. The normalized spacial score (nSPS) is 12.6. The Balaban J connectivity index is 3.36. The maximum Gasteiger partial charge on any atom is 0.305 e. The Morgan fingerprint density at radius 3 is 0.920 bits per heavy atom. The third-order valence-electron chi connectivity index (χ3n) is 18.7. The van der Waals surface area contributed by atoms with Crippen molar-refractivity contribution in [3.05, 3.63) is 36.5 Å². The summed E-state index contributed by atoms with van der Waals surface area (Å²) in [4.78, 5) is 24.6. The lowest BCUT2D eigenvalue weighted by Crippen LogP contribution is -2.45. The Labute approximate surface area is 544 Å². The smallest absolute Gasteiger partial charge is 0.305 e. The zero-order chi connectivity index (χ0) is 62.8. The molecule has 0 fully saturated rings. The number of aliphatic hydroxyl groups excluding tert-OH is 2. The van der Waals surface area contributed by atoms with Crippen LogP contribution in [0.1, 0.15) is 444 Å². The summed E-state index contributed by atoms with van der Waals surface area (Å²) in [5.41, 5.74) is 0. The average molecular weight is 1220 g/mol. The van der Waals surface area contributed by atoms with Gasteiger partial charge in [0.15, 0.2) is 0 Å². The van der Waals surface area contributed by atoms with E-state index in [1.807, 2.05) is 0 Å². The molecule has 3 N–H and O–H groups in total. The zero-order valence-electron chi connectivity index (χ0n) is 59.0.